The zero-order valence-electron chi connectivity index (χ0n) is 32.0. The van der Waals surface area contributed by atoms with E-state index in [0.29, 0.717) is 62.3 Å². The number of thiazole rings is 1. The standard InChI is InChI=1S/C38H55N5O10S/c1-25(42(5)37(48)49)33(45)41-31(26-11-7-6-8-12-26)35(46)43-17-10-15-30(43)34-40-29(24-54-34)32(44)27-13-9-14-28(23-27)52-22-21-51-20-19-50-18-16-39-36(47)53-38(2,3)4/h9,13-14,23-26,30-31H,6-8,10-12,15-22H2,1-5H3,(H,39,47)(H,41,45)(H,48,49)/t25-,30-,31-/m0/s1. The molecule has 2 fully saturated rings. The lowest BCUT2D eigenvalue weighted by molar-refractivity contribution is -0.140. The molecule has 298 valence electrons. The van der Waals surface area contributed by atoms with Crippen molar-refractivity contribution in [3.8, 4) is 5.75 Å². The Morgan fingerprint density at radius 2 is 1.70 bits per heavy atom. The van der Waals surface area contributed by atoms with Crippen molar-refractivity contribution in [3.63, 3.8) is 0 Å². The van der Waals surface area contributed by atoms with Gasteiger partial charge >= 0.3 is 12.2 Å². The second-order valence-corrected chi connectivity index (χ2v) is 15.5. The van der Waals surface area contributed by atoms with E-state index in [-0.39, 0.29) is 36.0 Å². The number of amides is 4. The molecule has 0 bridgehead atoms. The predicted octanol–water partition coefficient (Wildman–Crippen LogP) is 5.04. The molecule has 15 nitrogen and oxygen atoms in total. The van der Waals surface area contributed by atoms with Crippen LogP contribution in [-0.4, -0.2) is 121 Å². The van der Waals surface area contributed by atoms with E-state index in [4.69, 9.17) is 23.9 Å². The SMILES string of the molecule is C[C@@H](C(=O)N[C@H](C(=O)N1CCC[C@H]1c1nc(C(=O)c2cccc(OCCOCCOCCNC(=O)OC(C)(C)C)c2)cs1)C1CCCCC1)N(C)C(=O)O. The highest BCUT2D eigenvalue weighted by Gasteiger charge is 2.40. The molecule has 1 saturated carbocycles. The summed E-state index contributed by atoms with van der Waals surface area (Å²) >= 11 is 1.33. The Morgan fingerprint density at radius 1 is 1.00 bits per heavy atom. The number of carbonyl (C=O) groups excluding carboxylic acids is 4. The third-order valence-electron chi connectivity index (χ3n) is 9.40. The summed E-state index contributed by atoms with van der Waals surface area (Å²) in [6.45, 7) is 9.33. The molecular formula is C38H55N5O10S. The highest BCUT2D eigenvalue weighted by atomic mass is 32.1. The van der Waals surface area contributed by atoms with Crippen LogP contribution in [-0.2, 0) is 23.8 Å². The molecule has 0 unspecified atom stereocenters. The maximum absolute atomic E-state index is 14.2. The number of hydrogen-bond donors (Lipinski definition) is 3. The molecule has 2 heterocycles. The Morgan fingerprint density at radius 3 is 2.41 bits per heavy atom. The second kappa shape index (κ2) is 20.4. The van der Waals surface area contributed by atoms with Gasteiger partial charge in [-0.15, -0.1) is 11.3 Å². The third kappa shape index (κ3) is 12.7. The summed E-state index contributed by atoms with van der Waals surface area (Å²) in [7, 11) is 1.33. The van der Waals surface area contributed by atoms with Crippen LogP contribution in [0.4, 0.5) is 9.59 Å². The minimum Gasteiger partial charge on any atom is -0.491 e. The molecule has 1 aromatic carbocycles. The smallest absolute Gasteiger partial charge is 0.407 e. The summed E-state index contributed by atoms with van der Waals surface area (Å²) in [6.07, 6.45) is 4.33. The lowest BCUT2D eigenvalue weighted by atomic mass is 9.83. The predicted molar refractivity (Wildman–Crippen MR) is 201 cm³/mol. The Hall–Kier alpha value is -4.28. The van der Waals surface area contributed by atoms with Gasteiger partial charge in [-0.3, -0.25) is 19.3 Å². The van der Waals surface area contributed by atoms with Crippen LogP contribution in [0.25, 0.3) is 0 Å². The number of likely N-dealkylation sites (N-methyl/N-ethyl adjacent to an activating group) is 1. The van der Waals surface area contributed by atoms with Crippen molar-refractivity contribution in [2.45, 2.75) is 96.4 Å². The number of ether oxygens (including phenoxy) is 4. The number of nitrogens with zero attached hydrogens (tertiary/aromatic N) is 3. The minimum atomic E-state index is -1.22. The van der Waals surface area contributed by atoms with Crippen LogP contribution in [0.5, 0.6) is 5.75 Å². The van der Waals surface area contributed by atoms with Crippen molar-refractivity contribution in [1.82, 2.24) is 25.4 Å². The maximum Gasteiger partial charge on any atom is 0.407 e. The van der Waals surface area contributed by atoms with Crippen LogP contribution in [0.2, 0.25) is 0 Å². The van der Waals surface area contributed by atoms with Crippen molar-refractivity contribution in [2.75, 3.05) is 53.2 Å². The van der Waals surface area contributed by atoms with Gasteiger partial charge in [0, 0.05) is 31.1 Å². The number of carboxylic acid groups (broad SMARTS) is 1. The highest BCUT2D eigenvalue weighted by molar-refractivity contribution is 7.10. The zero-order valence-corrected chi connectivity index (χ0v) is 32.8. The minimum absolute atomic E-state index is 0.0476. The number of nitrogens with one attached hydrogen (secondary N) is 2. The van der Waals surface area contributed by atoms with Crippen LogP contribution in [0.15, 0.2) is 29.6 Å². The van der Waals surface area contributed by atoms with Crippen LogP contribution in [0.1, 0.15) is 99.7 Å². The van der Waals surface area contributed by atoms with Crippen molar-refractivity contribution in [1.29, 1.82) is 0 Å². The van der Waals surface area contributed by atoms with Crippen LogP contribution < -0.4 is 15.4 Å². The topological polar surface area (TPSA) is 186 Å². The van der Waals surface area contributed by atoms with Crippen LogP contribution in [0.3, 0.4) is 0 Å². The van der Waals surface area contributed by atoms with E-state index in [1.54, 1.807) is 55.3 Å². The molecule has 1 saturated heterocycles. The number of benzene rings is 1. The number of alkyl carbamates (subject to hydrolysis) is 1. The van der Waals surface area contributed by atoms with Crippen molar-refractivity contribution in [2.24, 2.45) is 5.92 Å². The maximum atomic E-state index is 14.2. The molecule has 1 aliphatic heterocycles. The van der Waals surface area contributed by atoms with E-state index in [1.807, 2.05) is 0 Å². The van der Waals surface area contributed by atoms with E-state index < -0.39 is 35.8 Å². The molecule has 1 aromatic heterocycles. The van der Waals surface area contributed by atoms with Crippen molar-refractivity contribution >= 4 is 41.1 Å². The number of hydrogen-bond acceptors (Lipinski definition) is 11. The molecule has 2 aliphatic rings. The number of likely N-dealkylation sites (tertiary alicyclic amines) is 1. The van der Waals surface area contributed by atoms with Gasteiger partial charge in [-0.2, -0.15) is 0 Å². The lowest BCUT2D eigenvalue weighted by Gasteiger charge is -2.35. The summed E-state index contributed by atoms with van der Waals surface area (Å²) in [6, 6.07) is 4.79. The van der Waals surface area contributed by atoms with Gasteiger partial charge < -0.3 is 39.6 Å². The first kappa shape index (κ1) is 42.5. The van der Waals surface area contributed by atoms with Crippen molar-refractivity contribution < 1.29 is 48.0 Å². The summed E-state index contributed by atoms with van der Waals surface area (Å²) in [4.78, 5) is 71.4. The Balaban J connectivity index is 1.27. The fraction of sp³-hybridized carbons (Fsp3) is 0.632. The number of carbonyl (C=O) groups is 5. The van der Waals surface area contributed by atoms with Gasteiger partial charge in [-0.25, -0.2) is 14.6 Å². The normalized spacial score (nSPS) is 17.4. The summed E-state index contributed by atoms with van der Waals surface area (Å²) in [5.74, 6) is -0.504. The molecule has 3 atom stereocenters. The number of ketones is 1. The highest BCUT2D eigenvalue weighted by Crippen LogP contribution is 2.36. The largest absolute Gasteiger partial charge is 0.491 e. The average molecular weight is 774 g/mol. The molecule has 54 heavy (non-hydrogen) atoms. The number of aromatic nitrogens is 1. The first-order valence-corrected chi connectivity index (χ1v) is 19.5. The Bertz CT molecular complexity index is 1570. The fourth-order valence-electron chi connectivity index (χ4n) is 6.43. The van der Waals surface area contributed by atoms with E-state index in [0.717, 1.165) is 43.4 Å². The molecule has 2 aromatic rings. The zero-order chi connectivity index (χ0) is 39.3. The monoisotopic (exact) mass is 773 g/mol. The van der Waals surface area contributed by atoms with Gasteiger partial charge in [0.05, 0.1) is 32.5 Å². The molecule has 1 aliphatic carbocycles. The van der Waals surface area contributed by atoms with Gasteiger partial charge in [0.25, 0.3) is 0 Å². The van der Waals surface area contributed by atoms with Gasteiger partial charge in [0.2, 0.25) is 17.6 Å². The third-order valence-corrected chi connectivity index (χ3v) is 10.3. The first-order valence-electron chi connectivity index (χ1n) is 18.7. The van der Waals surface area contributed by atoms with Gasteiger partial charge in [-0.1, -0.05) is 31.4 Å². The van der Waals surface area contributed by atoms with Gasteiger partial charge in [0.1, 0.15) is 40.7 Å². The van der Waals surface area contributed by atoms with Gasteiger partial charge in [-0.05, 0) is 71.4 Å². The van der Waals surface area contributed by atoms with Crippen molar-refractivity contribution in [3.05, 3.63) is 45.9 Å². The van der Waals surface area contributed by atoms with E-state index >= 15 is 0 Å². The Kier molecular flexibility index (Phi) is 16.1. The van der Waals surface area contributed by atoms with E-state index in [2.05, 4.69) is 10.6 Å². The first-order chi connectivity index (χ1) is 25.7. The molecule has 4 rings (SSSR count). The number of rotatable bonds is 18. The lowest BCUT2D eigenvalue weighted by Crippen LogP contribution is -2.56. The summed E-state index contributed by atoms with van der Waals surface area (Å²) in [5, 5.41) is 17.3. The fourth-order valence-corrected chi connectivity index (χ4v) is 7.38. The summed E-state index contributed by atoms with van der Waals surface area (Å²) in [5.41, 5.74) is 0.136. The molecular weight excluding hydrogens is 719 g/mol. The molecule has 16 heteroatoms. The van der Waals surface area contributed by atoms with Gasteiger partial charge in [0.15, 0.2) is 0 Å². The quantitative estimate of drug-likeness (QED) is 0.136. The second-order valence-electron chi connectivity index (χ2n) is 14.6. The van der Waals surface area contributed by atoms with E-state index in [1.165, 1.54) is 25.3 Å². The molecule has 3 N–H and O–H groups in total. The summed E-state index contributed by atoms with van der Waals surface area (Å²) < 4.78 is 22.0. The molecule has 0 spiro atoms. The van der Waals surface area contributed by atoms with E-state index in [9.17, 15) is 29.1 Å². The average Bonchev–Trinajstić information content (AvgIpc) is 3.84. The van der Waals surface area contributed by atoms with Crippen LogP contribution >= 0.6 is 11.3 Å². The molecule has 4 amide bonds. The van der Waals surface area contributed by atoms with Crippen LogP contribution in [0, 0.1) is 5.92 Å². The Labute approximate surface area is 321 Å². The molecule has 0 radical (unpaired) electrons.